The molecule has 6 nitrogen and oxygen atoms in total. The molecular weight excluding hydrogens is 347 g/mol. The first kappa shape index (κ1) is 16.8. The molecule has 7 heteroatoms. The summed E-state index contributed by atoms with van der Waals surface area (Å²) in [5.41, 5.74) is 9.64. The Labute approximate surface area is 155 Å². The zero-order valence-corrected chi connectivity index (χ0v) is 14.8. The number of ether oxygens (including phenoxy) is 2. The van der Waals surface area contributed by atoms with Crippen molar-refractivity contribution in [1.29, 1.82) is 0 Å². The van der Waals surface area contributed by atoms with Crippen molar-refractivity contribution in [3.8, 4) is 34.0 Å². The summed E-state index contributed by atoms with van der Waals surface area (Å²) in [7, 11) is 3.17. The minimum atomic E-state index is -0.300. The van der Waals surface area contributed by atoms with Gasteiger partial charge in [-0.05, 0) is 42.5 Å². The van der Waals surface area contributed by atoms with E-state index in [-0.39, 0.29) is 5.82 Å². The maximum atomic E-state index is 13.2. The highest BCUT2D eigenvalue weighted by molar-refractivity contribution is 5.73. The van der Waals surface area contributed by atoms with Crippen LogP contribution in [0.1, 0.15) is 0 Å². The molecule has 27 heavy (non-hydrogen) atoms. The van der Waals surface area contributed by atoms with Gasteiger partial charge in [0.1, 0.15) is 5.82 Å². The first-order valence-corrected chi connectivity index (χ1v) is 8.22. The highest BCUT2D eigenvalue weighted by atomic mass is 19.1. The fourth-order valence-corrected chi connectivity index (χ4v) is 2.92. The lowest BCUT2D eigenvalue weighted by molar-refractivity contribution is 0.355. The SMILES string of the molecule is COc1ccc(-c2cn3cc(-c4ccc(F)cc4)nc(N)c3n2)cc1OC. The number of fused-ring (bicyclic) bond motifs is 1. The van der Waals surface area contributed by atoms with Gasteiger partial charge in [0.05, 0.1) is 25.6 Å². The Bertz CT molecular complexity index is 1120. The number of imidazole rings is 1. The molecule has 0 amide bonds. The molecule has 0 unspecified atom stereocenters. The van der Waals surface area contributed by atoms with Gasteiger partial charge in [-0.25, -0.2) is 14.4 Å². The monoisotopic (exact) mass is 364 g/mol. The maximum absolute atomic E-state index is 13.2. The van der Waals surface area contributed by atoms with E-state index >= 15 is 0 Å². The largest absolute Gasteiger partial charge is 0.493 e. The molecular formula is C20H17FN4O2. The first-order chi connectivity index (χ1) is 13.1. The van der Waals surface area contributed by atoms with Crippen LogP contribution in [0.4, 0.5) is 10.2 Å². The molecule has 0 spiro atoms. The lowest BCUT2D eigenvalue weighted by Crippen LogP contribution is -1.98. The van der Waals surface area contributed by atoms with E-state index in [2.05, 4.69) is 9.97 Å². The second-order valence-electron chi connectivity index (χ2n) is 5.95. The predicted octanol–water partition coefficient (Wildman–Crippen LogP) is 3.80. The van der Waals surface area contributed by atoms with Crippen molar-refractivity contribution in [1.82, 2.24) is 14.4 Å². The summed E-state index contributed by atoms with van der Waals surface area (Å²) >= 11 is 0. The molecule has 0 aliphatic carbocycles. The summed E-state index contributed by atoms with van der Waals surface area (Å²) < 4.78 is 25.6. The average Bonchev–Trinajstić information content (AvgIpc) is 3.13. The van der Waals surface area contributed by atoms with E-state index in [0.717, 1.165) is 16.8 Å². The van der Waals surface area contributed by atoms with Crippen LogP contribution < -0.4 is 15.2 Å². The number of benzene rings is 2. The Kier molecular flexibility index (Phi) is 4.12. The number of nitrogens with zero attached hydrogens (tertiary/aromatic N) is 3. The van der Waals surface area contributed by atoms with Crippen molar-refractivity contribution in [3.63, 3.8) is 0 Å². The van der Waals surface area contributed by atoms with Crippen LogP contribution in [0, 0.1) is 5.82 Å². The van der Waals surface area contributed by atoms with Gasteiger partial charge in [0, 0.05) is 23.5 Å². The molecule has 2 N–H and O–H groups in total. The van der Waals surface area contributed by atoms with Crippen LogP contribution in [-0.2, 0) is 0 Å². The Hall–Kier alpha value is -3.61. The van der Waals surface area contributed by atoms with Gasteiger partial charge in [-0.15, -0.1) is 0 Å². The fraction of sp³-hybridized carbons (Fsp3) is 0.100. The lowest BCUT2D eigenvalue weighted by Gasteiger charge is -2.08. The van der Waals surface area contributed by atoms with Crippen LogP contribution >= 0.6 is 0 Å². The molecule has 2 aromatic carbocycles. The fourth-order valence-electron chi connectivity index (χ4n) is 2.92. The minimum Gasteiger partial charge on any atom is -0.493 e. The second kappa shape index (κ2) is 6.60. The van der Waals surface area contributed by atoms with E-state index in [1.807, 2.05) is 35.0 Å². The molecule has 4 aromatic rings. The number of hydrogen-bond donors (Lipinski definition) is 1. The summed E-state index contributed by atoms with van der Waals surface area (Å²) in [5, 5.41) is 0. The number of methoxy groups -OCH3 is 2. The Morgan fingerprint density at radius 2 is 1.48 bits per heavy atom. The summed E-state index contributed by atoms with van der Waals surface area (Å²) in [4.78, 5) is 8.98. The summed E-state index contributed by atoms with van der Waals surface area (Å²) in [5.74, 6) is 1.25. The maximum Gasteiger partial charge on any atom is 0.180 e. The summed E-state index contributed by atoms with van der Waals surface area (Å²) in [6.07, 6.45) is 3.68. The van der Waals surface area contributed by atoms with Gasteiger partial charge in [-0.3, -0.25) is 0 Å². The third-order valence-electron chi connectivity index (χ3n) is 4.28. The van der Waals surface area contributed by atoms with E-state index in [9.17, 15) is 4.39 Å². The quantitative estimate of drug-likeness (QED) is 0.596. The van der Waals surface area contributed by atoms with Crippen LogP contribution in [0.5, 0.6) is 11.5 Å². The van der Waals surface area contributed by atoms with Crippen molar-refractivity contribution in [3.05, 3.63) is 60.7 Å². The summed E-state index contributed by atoms with van der Waals surface area (Å²) in [6, 6.07) is 11.7. The predicted molar refractivity (Wildman–Crippen MR) is 101 cm³/mol. The lowest BCUT2D eigenvalue weighted by atomic mass is 10.1. The molecule has 0 aliphatic heterocycles. The second-order valence-corrected chi connectivity index (χ2v) is 5.95. The van der Waals surface area contributed by atoms with Crippen LogP contribution in [0.3, 0.4) is 0 Å². The molecule has 0 bridgehead atoms. The molecule has 0 saturated heterocycles. The molecule has 4 rings (SSSR count). The van der Waals surface area contributed by atoms with Crippen LogP contribution in [-0.4, -0.2) is 28.6 Å². The normalized spacial score (nSPS) is 10.9. The molecule has 0 saturated carbocycles. The molecule has 0 aliphatic rings. The van der Waals surface area contributed by atoms with Gasteiger partial charge < -0.3 is 19.6 Å². The number of aromatic nitrogens is 3. The van der Waals surface area contributed by atoms with Gasteiger partial charge in [0.15, 0.2) is 23.0 Å². The van der Waals surface area contributed by atoms with Crippen LogP contribution in [0.25, 0.3) is 28.2 Å². The molecule has 136 valence electrons. The van der Waals surface area contributed by atoms with Crippen molar-refractivity contribution in [2.75, 3.05) is 20.0 Å². The van der Waals surface area contributed by atoms with Gasteiger partial charge in [-0.1, -0.05) is 0 Å². The molecule has 2 aromatic heterocycles. The molecule has 0 radical (unpaired) electrons. The molecule has 0 fully saturated rings. The summed E-state index contributed by atoms with van der Waals surface area (Å²) in [6.45, 7) is 0. The third kappa shape index (κ3) is 3.03. The van der Waals surface area contributed by atoms with Gasteiger partial charge >= 0.3 is 0 Å². The van der Waals surface area contributed by atoms with E-state index in [0.29, 0.717) is 28.7 Å². The standard InChI is InChI=1S/C20H17FN4O2/c1-26-17-8-5-13(9-18(17)27-2)16-11-25-10-15(23-19(22)20(25)24-16)12-3-6-14(21)7-4-12/h3-11H,1-2H3,(H2,22,23). The molecule has 2 heterocycles. The number of nitrogen functional groups attached to an aromatic ring is 1. The first-order valence-electron chi connectivity index (χ1n) is 8.22. The number of anilines is 1. The minimum absolute atomic E-state index is 0.295. The Morgan fingerprint density at radius 1 is 0.852 bits per heavy atom. The van der Waals surface area contributed by atoms with Crippen molar-refractivity contribution >= 4 is 11.5 Å². The Balaban J connectivity index is 1.80. The van der Waals surface area contributed by atoms with E-state index < -0.39 is 0 Å². The van der Waals surface area contributed by atoms with Crippen molar-refractivity contribution in [2.24, 2.45) is 0 Å². The zero-order chi connectivity index (χ0) is 19.0. The number of nitrogens with two attached hydrogens (primary N) is 1. The van der Waals surface area contributed by atoms with Crippen molar-refractivity contribution < 1.29 is 13.9 Å². The van der Waals surface area contributed by atoms with Gasteiger partial charge in [0.2, 0.25) is 0 Å². The van der Waals surface area contributed by atoms with Crippen molar-refractivity contribution in [2.45, 2.75) is 0 Å². The van der Waals surface area contributed by atoms with E-state index in [1.54, 1.807) is 26.4 Å². The van der Waals surface area contributed by atoms with E-state index in [1.165, 1.54) is 12.1 Å². The third-order valence-corrected chi connectivity index (χ3v) is 4.28. The highest BCUT2D eigenvalue weighted by Gasteiger charge is 2.13. The van der Waals surface area contributed by atoms with E-state index in [4.69, 9.17) is 15.2 Å². The van der Waals surface area contributed by atoms with Crippen LogP contribution in [0.15, 0.2) is 54.9 Å². The van der Waals surface area contributed by atoms with Crippen LogP contribution in [0.2, 0.25) is 0 Å². The zero-order valence-electron chi connectivity index (χ0n) is 14.8. The number of hydrogen-bond acceptors (Lipinski definition) is 5. The highest BCUT2D eigenvalue weighted by Crippen LogP contribution is 2.32. The van der Waals surface area contributed by atoms with Gasteiger partial charge in [0.25, 0.3) is 0 Å². The number of halogens is 1. The van der Waals surface area contributed by atoms with Gasteiger partial charge in [-0.2, -0.15) is 0 Å². The Morgan fingerprint density at radius 3 is 2.15 bits per heavy atom. The smallest absolute Gasteiger partial charge is 0.180 e. The molecule has 0 atom stereocenters. The topological polar surface area (TPSA) is 74.7 Å². The average molecular weight is 364 g/mol. The number of rotatable bonds is 4.